The first kappa shape index (κ1) is 29.8. The second-order valence-corrected chi connectivity index (χ2v) is 10.5. The van der Waals surface area contributed by atoms with Crippen molar-refractivity contribution in [3.05, 3.63) is 24.3 Å². The third kappa shape index (κ3) is 18.2. The predicted molar refractivity (Wildman–Crippen MR) is 148 cm³/mol. The van der Waals surface area contributed by atoms with Gasteiger partial charge >= 0.3 is 0 Å². The van der Waals surface area contributed by atoms with Gasteiger partial charge in [-0.3, -0.25) is 0 Å². The van der Waals surface area contributed by atoms with Gasteiger partial charge in [0.25, 0.3) is 0 Å². The molecule has 32 heavy (non-hydrogen) atoms. The zero-order chi connectivity index (χ0) is 23.0. The van der Waals surface area contributed by atoms with Crippen LogP contribution in [-0.4, -0.2) is 23.9 Å². The van der Waals surface area contributed by atoms with E-state index in [4.69, 9.17) is 9.47 Å². The standard InChI is InChI=1S/C28H48Br2O2/c29-23-17-11-7-3-1-5-9-13-19-25-31-27-21-15-16-22-28(27)32-26-20-14-10-6-2-4-8-12-18-24-30/h15-16,21-22H,1-14,17-20,23-26H2. The van der Waals surface area contributed by atoms with Gasteiger partial charge in [-0.15, -0.1) is 0 Å². The second-order valence-electron chi connectivity index (χ2n) is 8.89. The Morgan fingerprint density at radius 1 is 0.406 bits per heavy atom. The second kappa shape index (κ2) is 23.9. The van der Waals surface area contributed by atoms with Crippen LogP contribution in [0.25, 0.3) is 0 Å². The smallest absolute Gasteiger partial charge is 0.161 e. The summed E-state index contributed by atoms with van der Waals surface area (Å²) in [6.45, 7) is 1.59. The summed E-state index contributed by atoms with van der Waals surface area (Å²) in [6.07, 6.45) is 23.9. The highest BCUT2D eigenvalue weighted by atomic mass is 79.9. The number of rotatable bonds is 24. The summed E-state index contributed by atoms with van der Waals surface area (Å²) in [7, 11) is 0. The van der Waals surface area contributed by atoms with E-state index in [1.807, 2.05) is 24.3 Å². The molecular formula is C28H48Br2O2. The first-order valence-corrected chi connectivity index (χ1v) is 15.6. The highest BCUT2D eigenvalue weighted by Crippen LogP contribution is 2.27. The average Bonchev–Trinajstić information content (AvgIpc) is 2.81. The molecule has 4 heteroatoms. The molecule has 0 aliphatic heterocycles. The maximum absolute atomic E-state index is 6.03. The predicted octanol–water partition coefficient (Wildman–Crippen LogP) is 10.3. The number of unbranched alkanes of at least 4 members (excludes halogenated alkanes) is 16. The van der Waals surface area contributed by atoms with Crippen molar-refractivity contribution in [1.82, 2.24) is 0 Å². The van der Waals surface area contributed by atoms with E-state index in [0.717, 1.165) is 48.2 Å². The molecule has 0 spiro atoms. The third-order valence-electron chi connectivity index (χ3n) is 5.92. The van der Waals surface area contributed by atoms with Crippen molar-refractivity contribution in [3.63, 3.8) is 0 Å². The Balaban J connectivity index is 1.99. The molecule has 1 rings (SSSR count). The highest BCUT2D eigenvalue weighted by molar-refractivity contribution is 9.09. The number of ether oxygens (including phenoxy) is 2. The summed E-state index contributed by atoms with van der Waals surface area (Å²) < 4.78 is 12.1. The van der Waals surface area contributed by atoms with Gasteiger partial charge in [-0.1, -0.05) is 134 Å². The van der Waals surface area contributed by atoms with E-state index >= 15 is 0 Å². The lowest BCUT2D eigenvalue weighted by Gasteiger charge is -2.12. The van der Waals surface area contributed by atoms with E-state index in [2.05, 4.69) is 31.9 Å². The minimum atomic E-state index is 0.793. The van der Waals surface area contributed by atoms with Crippen LogP contribution in [0.1, 0.15) is 116 Å². The number of hydrogen-bond acceptors (Lipinski definition) is 2. The first-order chi connectivity index (χ1) is 15.9. The minimum Gasteiger partial charge on any atom is -0.490 e. The summed E-state index contributed by atoms with van der Waals surface area (Å²) in [5, 5.41) is 2.30. The van der Waals surface area contributed by atoms with Crippen LogP contribution in [0, 0.1) is 0 Å². The van der Waals surface area contributed by atoms with Gasteiger partial charge in [-0.25, -0.2) is 0 Å². The van der Waals surface area contributed by atoms with E-state index in [9.17, 15) is 0 Å². The van der Waals surface area contributed by atoms with Crippen LogP contribution in [0.4, 0.5) is 0 Å². The zero-order valence-electron chi connectivity index (χ0n) is 20.4. The van der Waals surface area contributed by atoms with E-state index in [1.54, 1.807) is 0 Å². The monoisotopic (exact) mass is 574 g/mol. The van der Waals surface area contributed by atoms with Crippen molar-refractivity contribution in [2.24, 2.45) is 0 Å². The Morgan fingerprint density at radius 2 is 0.688 bits per heavy atom. The van der Waals surface area contributed by atoms with Gasteiger partial charge in [-0.2, -0.15) is 0 Å². The molecule has 0 saturated carbocycles. The number of benzene rings is 1. The molecule has 0 saturated heterocycles. The number of alkyl halides is 2. The normalized spacial score (nSPS) is 11.1. The fourth-order valence-corrected chi connectivity index (χ4v) is 4.71. The number of hydrogen-bond donors (Lipinski definition) is 0. The maximum atomic E-state index is 6.03. The lowest BCUT2D eigenvalue weighted by Crippen LogP contribution is -2.02. The average molecular weight is 576 g/mol. The molecule has 1 aromatic rings. The van der Waals surface area contributed by atoms with Crippen LogP contribution in [0.2, 0.25) is 0 Å². The third-order valence-corrected chi connectivity index (χ3v) is 7.04. The van der Waals surface area contributed by atoms with Gasteiger partial charge in [-0.05, 0) is 37.8 Å². The van der Waals surface area contributed by atoms with Gasteiger partial charge in [0.2, 0.25) is 0 Å². The molecule has 0 N–H and O–H groups in total. The Labute approximate surface area is 215 Å². The lowest BCUT2D eigenvalue weighted by molar-refractivity contribution is 0.258. The Bertz CT molecular complexity index is 465. The van der Waals surface area contributed by atoms with Crippen LogP contribution in [-0.2, 0) is 0 Å². The molecule has 0 amide bonds. The van der Waals surface area contributed by atoms with Gasteiger partial charge in [0.05, 0.1) is 13.2 Å². The van der Waals surface area contributed by atoms with E-state index < -0.39 is 0 Å². The van der Waals surface area contributed by atoms with Crippen molar-refractivity contribution in [2.75, 3.05) is 23.9 Å². The van der Waals surface area contributed by atoms with E-state index in [-0.39, 0.29) is 0 Å². The SMILES string of the molecule is BrCCCCCCCCCCCOc1ccccc1OCCCCCCCCCCCBr. The van der Waals surface area contributed by atoms with Crippen LogP contribution >= 0.6 is 31.9 Å². The molecule has 2 nitrogen and oxygen atoms in total. The van der Waals surface area contributed by atoms with Crippen LogP contribution in [0.3, 0.4) is 0 Å². The quantitative estimate of drug-likeness (QED) is 0.0901. The molecule has 0 aliphatic carbocycles. The molecule has 1 aromatic carbocycles. The van der Waals surface area contributed by atoms with Crippen molar-refractivity contribution >= 4 is 31.9 Å². The molecule has 0 heterocycles. The molecule has 0 aromatic heterocycles. The van der Waals surface area contributed by atoms with Gasteiger partial charge in [0, 0.05) is 10.7 Å². The van der Waals surface area contributed by atoms with Crippen molar-refractivity contribution in [3.8, 4) is 11.5 Å². The van der Waals surface area contributed by atoms with Gasteiger partial charge in [0.15, 0.2) is 11.5 Å². The summed E-state index contributed by atoms with van der Waals surface area (Å²) in [5.41, 5.74) is 0. The summed E-state index contributed by atoms with van der Waals surface area (Å²) in [6, 6.07) is 8.15. The van der Waals surface area contributed by atoms with Gasteiger partial charge < -0.3 is 9.47 Å². The van der Waals surface area contributed by atoms with Crippen molar-refractivity contribution in [1.29, 1.82) is 0 Å². The summed E-state index contributed by atoms with van der Waals surface area (Å²) >= 11 is 7.00. The van der Waals surface area contributed by atoms with Crippen LogP contribution in [0.15, 0.2) is 24.3 Å². The molecule has 0 fully saturated rings. The van der Waals surface area contributed by atoms with Crippen molar-refractivity contribution in [2.45, 2.75) is 116 Å². The zero-order valence-corrected chi connectivity index (χ0v) is 23.6. The Hall–Kier alpha value is -0.220. The Kier molecular flexibility index (Phi) is 22.3. The molecule has 186 valence electrons. The Morgan fingerprint density at radius 3 is 1.00 bits per heavy atom. The molecule has 0 atom stereocenters. The molecule has 0 bridgehead atoms. The van der Waals surface area contributed by atoms with E-state index in [1.165, 1.54) is 103 Å². The van der Waals surface area contributed by atoms with Gasteiger partial charge in [0.1, 0.15) is 0 Å². The number of para-hydroxylation sites is 2. The summed E-state index contributed by atoms with van der Waals surface area (Å²) in [5.74, 6) is 1.81. The minimum absolute atomic E-state index is 0.793. The van der Waals surface area contributed by atoms with Crippen LogP contribution < -0.4 is 9.47 Å². The largest absolute Gasteiger partial charge is 0.490 e. The van der Waals surface area contributed by atoms with Crippen molar-refractivity contribution < 1.29 is 9.47 Å². The molecular weight excluding hydrogens is 528 g/mol. The highest BCUT2D eigenvalue weighted by Gasteiger charge is 2.04. The molecule has 0 unspecified atom stereocenters. The lowest BCUT2D eigenvalue weighted by atomic mass is 10.1. The maximum Gasteiger partial charge on any atom is 0.161 e. The topological polar surface area (TPSA) is 18.5 Å². The summed E-state index contributed by atoms with van der Waals surface area (Å²) in [4.78, 5) is 0. The van der Waals surface area contributed by atoms with Crippen LogP contribution in [0.5, 0.6) is 11.5 Å². The molecule has 0 aliphatic rings. The van der Waals surface area contributed by atoms with E-state index in [0.29, 0.717) is 0 Å². The number of halogens is 2. The fourth-order valence-electron chi connectivity index (χ4n) is 3.92. The molecule has 0 radical (unpaired) electrons. The first-order valence-electron chi connectivity index (χ1n) is 13.3. The fraction of sp³-hybridized carbons (Fsp3) is 0.786.